The summed E-state index contributed by atoms with van der Waals surface area (Å²) in [7, 11) is 0. The zero-order valence-electron chi connectivity index (χ0n) is 10.1. The van der Waals surface area contributed by atoms with Gasteiger partial charge in [-0.3, -0.25) is 5.43 Å². The van der Waals surface area contributed by atoms with Gasteiger partial charge in [-0.15, -0.1) is 0 Å². The number of anilines is 2. The van der Waals surface area contributed by atoms with Crippen LogP contribution in [-0.2, 0) is 0 Å². The van der Waals surface area contributed by atoms with E-state index in [4.69, 9.17) is 5.84 Å². The van der Waals surface area contributed by atoms with Crippen molar-refractivity contribution in [2.45, 2.75) is 19.8 Å². The topological polar surface area (TPSA) is 87.3 Å². The fraction of sp³-hybridized carbons (Fsp3) is 0.636. The van der Waals surface area contributed by atoms with Gasteiger partial charge in [-0.2, -0.15) is 4.98 Å². The predicted molar refractivity (Wildman–Crippen MR) is 66.6 cm³/mol. The maximum absolute atomic E-state index is 9.23. The summed E-state index contributed by atoms with van der Waals surface area (Å²) in [4.78, 5) is 10.6. The SMILES string of the molecule is Cc1cnc(NN)nc1N1CCCC(CO)C1. The Labute approximate surface area is 101 Å². The van der Waals surface area contributed by atoms with Crippen LogP contribution in [0.2, 0.25) is 0 Å². The van der Waals surface area contributed by atoms with Gasteiger partial charge in [0.15, 0.2) is 0 Å². The normalized spacial score (nSPS) is 20.4. The van der Waals surface area contributed by atoms with Crippen molar-refractivity contribution in [2.75, 3.05) is 30.0 Å². The monoisotopic (exact) mass is 237 g/mol. The molecule has 0 spiro atoms. The second-order valence-corrected chi connectivity index (χ2v) is 4.48. The largest absolute Gasteiger partial charge is 0.396 e. The molecule has 1 fully saturated rings. The van der Waals surface area contributed by atoms with Crippen LogP contribution < -0.4 is 16.2 Å². The molecular formula is C11H19N5O. The van der Waals surface area contributed by atoms with E-state index < -0.39 is 0 Å². The molecular weight excluding hydrogens is 218 g/mol. The molecule has 2 rings (SSSR count). The van der Waals surface area contributed by atoms with E-state index in [1.54, 1.807) is 6.20 Å². The second kappa shape index (κ2) is 5.29. The molecule has 2 heterocycles. The fourth-order valence-corrected chi connectivity index (χ4v) is 2.23. The van der Waals surface area contributed by atoms with Crippen molar-refractivity contribution in [1.29, 1.82) is 0 Å². The summed E-state index contributed by atoms with van der Waals surface area (Å²) < 4.78 is 0. The van der Waals surface area contributed by atoms with E-state index in [1.165, 1.54) is 0 Å². The fourth-order valence-electron chi connectivity index (χ4n) is 2.23. The number of hydrogen-bond donors (Lipinski definition) is 3. The van der Waals surface area contributed by atoms with Crippen LogP contribution in [0.1, 0.15) is 18.4 Å². The van der Waals surface area contributed by atoms with Crippen LogP contribution in [0.3, 0.4) is 0 Å². The molecule has 94 valence electrons. The summed E-state index contributed by atoms with van der Waals surface area (Å²) in [6.45, 7) is 4.04. The maximum atomic E-state index is 9.23. The molecule has 0 amide bonds. The number of nitrogens with two attached hydrogens (primary N) is 1. The van der Waals surface area contributed by atoms with Crippen molar-refractivity contribution in [2.24, 2.45) is 11.8 Å². The summed E-state index contributed by atoms with van der Waals surface area (Å²) in [5, 5.41) is 9.23. The van der Waals surface area contributed by atoms with Crippen molar-refractivity contribution >= 4 is 11.8 Å². The Bertz CT molecular complexity index is 384. The van der Waals surface area contributed by atoms with Crippen LogP contribution in [0, 0.1) is 12.8 Å². The number of hydrogen-bond acceptors (Lipinski definition) is 6. The minimum Gasteiger partial charge on any atom is -0.396 e. The average molecular weight is 237 g/mol. The van der Waals surface area contributed by atoms with Crippen LogP contribution in [0.5, 0.6) is 0 Å². The Morgan fingerprint density at radius 1 is 1.65 bits per heavy atom. The third-order valence-corrected chi connectivity index (χ3v) is 3.15. The maximum Gasteiger partial charge on any atom is 0.239 e. The molecule has 1 aliphatic rings. The predicted octanol–water partition coefficient (Wildman–Crippen LogP) is 0.279. The summed E-state index contributed by atoms with van der Waals surface area (Å²) >= 11 is 0. The highest BCUT2D eigenvalue weighted by Gasteiger charge is 2.21. The zero-order chi connectivity index (χ0) is 12.3. The zero-order valence-corrected chi connectivity index (χ0v) is 10.1. The number of nitrogens with one attached hydrogen (secondary N) is 1. The molecule has 1 atom stereocenters. The van der Waals surface area contributed by atoms with Gasteiger partial charge >= 0.3 is 0 Å². The van der Waals surface area contributed by atoms with Gasteiger partial charge in [-0.05, 0) is 25.7 Å². The lowest BCUT2D eigenvalue weighted by molar-refractivity contribution is 0.208. The number of piperidine rings is 1. The summed E-state index contributed by atoms with van der Waals surface area (Å²) in [6.07, 6.45) is 3.93. The van der Waals surface area contributed by atoms with E-state index in [0.29, 0.717) is 11.9 Å². The van der Waals surface area contributed by atoms with Crippen molar-refractivity contribution in [3.8, 4) is 0 Å². The number of nitrogens with zero attached hydrogens (tertiary/aromatic N) is 3. The minimum absolute atomic E-state index is 0.239. The van der Waals surface area contributed by atoms with Gasteiger partial charge in [0.25, 0.3) is 0 Å². The van der Waals surface area contributed by atoms with Crippen LogP contribution in [-0.4, -0.2) is 34.8 Å². The Morgan fingerprint density at radius 3 is 3.18 bits per heavy atom. The number of nitrogen functional groups attached to an aromatic ring is 1. The molecule has 17 heavy (non-hydrogen) atoms. The lowest BCUT2D eigenvalue weighted by Gasteiger charge is -2.33. The smallest absolute Gasteiger partial charge is 0.239 e. The molecule has 6 nitrogen and oxygen atoms in total. The van der Waals surface area contributed by atoms with Crippen molar-refractivity contribution in [3.05, 3.63) is 11.8 Å². The van der Waals surface area contributed by atoms with Crippen LogP contribution in [0.25, 0.3) is 0 Å². The number of aliphatic hydroxyl groups is 1. The summed E-state index contributed by atoms with van der Waals surface area (Å²) in [6, 6.07) is 0. The number of aryl methyl sites for hydroxylation is 1. The lowest BCUT2D eigenvalue weighted by Crippen LogP contribution is -2.38. The van der Waals surface area contributed by atoms with E-state index in [9.17, 15) is 5.11 Å². The Hall–Kier alpha value is -1.40. The number of aliphatic hydroxyl groups excluding tert-OH is 1. The van der Waals surface area contributed by atoms with Crippen molar-refractivity contribution in [3.63, 3.8) is 0 Å². The molecule has 0 aliphatic carbocycles. The Kier molecular flexibility index (Phi) is 3.75. The number of aromatic nitrogens is 2. The van der Waals surface area contributed by atoms with Crippen molar-refractivity contribution < 1.29 is 5.11 Å². The molecule has 1 aromatic heterocycles. The molecule has 6 heteroatoms. The molecule has 1 aromatic rings. The Morgan fingerprint density at radius 2 is 2.47 bits per heavy atom. The molecule has 0 bridgehead atoms. The highest BCUT2D eigenvalue weighted by molar-refractivity contribution is 5.49. The lowest BCUT2D eigenvalue weighted by atomic mass is 9.99. The highest BCUT2D eigenvalue weighted by Crippen LogP contribution is 2.24. The van der Waals surface area contributed by atoms with Gasteiger partial charge in [0.2, 0.25) is 5.95 Å². The first-order chi connectivity index (χ1) is 8.24. The minimum atomic E-state index is 0.239. The summed E-state index contributed by atoms with van der Waals surface area (Å²) in [5.41, 5.74) is 3.49. The van der Waals surface area contributed by atoms with E-state index in [1.807, 2.05) is 6.92 Å². The first kappa shape index (κ1) is 12.1. The third-order valence-electron chi connectivity index (χ3n) is 3.15. The molecule has 1 aliphatic heterocycles. The standard InChI is InChI=1S/C11H19N5O/c1-8-5-13-11(15-12)14-10(8)16-4-2-3-9(6-16)7-17/h5,9,17H,2-4,6-7,12H2,1H3,(H,13,14,15). The molecule has 1 saturated heterocycles. The average Bonchev–Trinajstić information content (AvgIpc) is 2.39. The molecule has 0 saturated carbocycles. The number of rotatable bonds is 3. The van der Waals surface area contributed by atoms with Gasteiger partial charge in [-0.1, -0.05) is 0 Å². The Balaban J connectivity index is 2.20. The molecule has 1 unspecified atom stereocenters. The second-order valence-electron chi connectivity index (χ2n) is 4.48. The van der Waals surface area contributed by atoms with Crippen LogP contribution in [0.15, 0.2) is 6.20 Å². The third kappa shape index (κ3) is 2.65. The van der Waals surface area contributed by atoms with Gasteiger partial charge in [-0.25, -0.2) is 10.8 Å². The molecule has 0 radical (unpaired) electrons. The van der Waals surface area contributed by atoms with E-state index in [-0.39, 0.29) is 6.61 Å². The van der Waals surface area contributed by atoms with E-state index >= 15 is 0 Å². The van der Waals surface area contributed by atoms with Crippen LogP contribution >= 0.6 is 0 Å². The molecule has 4 N–H and O–H groups in total. The van der Waals surface area contributed by atoms with Gasteiger partial charge in [0.1, 0.15) is 5.82 Å². The van der Waals surface area contributed by atoms with Gasteiger partial charge in [0.05, 0.1) is 0 Å². The quantitative estimate of drug-likeness (QED) is 0.517. The van der Waals surface area contributed by atoms with E-state index in [2.05, 4.69) is 20.3 Å². The number of hydrazine groups is 1. The van der Waals surface area contributed by atoms with Crippen LogP contribution in [0.4, 0.5) is 11.8 Å². The van der Waals surface area contributed by atoms with E-state index in [0.717, 1.165) is 37.3 Å². The van der Waals surface area contributed by atoms with Crippen molar-refractivity contribution in [1.82, 2.24) is 9.97 Å². The highest BCUT2D eigenvalue weighted by atomic mass is 16.3. The summed E-state index contributed by atoms with van der Waals surface area (Å²) in [5.74, 6) is 6.99. The first-order valence-corrected chi connectivity index (χ1v) is 5.90. The molecule has 0 aromatic carbocycles. The van der Waals surface area contributed by atoms with Gasteiger partial charge in [0, 0.05) is 31.5 Å². The van der Waals surface area contributed by atoms with Gasteiger partial charge < -0.3 is 10.0 Å². The first-order valence-electron chi connectivity index (χ1n) is 5.90.